The highest BCUT2D eigenvalue weighted by Crippen LogP contribution is 2.23. The molecule has 0 spiro atoms. The number of carbonyl (C=O) groups excluding carboxylic acids is 1. The van der Waals surface area contributed by atoms with E-state index < -0.39 is 5.54 Å². The Labute approximate surface area is 165 Å². The SMILES string of the molecule is CC(C)(C(=O)N1CCN(Cc2ccc(F)cc2Cl)CC1)n1cc(Br)cn1. The number of aromatic nitrogens is 2. The van der Waals surface area contributed by atoms with E-state index in [2.05, 4.69) is 25.9 Å². The van der Waals surface area contributed by atoms with E-state index in [1.807, 2.05) is 24.9 Å². The second kappa shape index (κ2) is 7.66. The average Bonchev–Trinajstić information content (AvgIpc) is 3.05. The van der Waals surface area contributed by atoms with Gasteiger partial charge in [0.1, 0.15) is 11.4 Å². The molecule has 0 N–H and O–H groups in total. The predicted octanol–water partition coefficient (Wildman–Crippen LogP) is 3.52. The van der Waals surface area contributed by atoms with Crippen molar-refractivity contribution in [2.24, 2.45) is 0 Å². The molecule has 1 fully saturated rings. The Hall–Kier alpha value is -1.44. The molecule has 0 bridgehead atoms. The zero-order valence-corrected chi connectivity index (χ0v) is 17.1. The third kappa shape index (κ3) is 4.10. The Kier molecular flexibility index (Phi) is 5.69. The number of hydrogen-bond donors (Lipinski definition) is 0. The molecule has 1 aromatic heterocycles. The highest BCUT2D eigenvalue weighted by atomic mass is 79.9. The molecule has 1 amide bonds. The van der Waals surface area contributed by atoms with Crippen LogP contribution >= 0.6 is 27.5 Å². The molecule has 0 aliphatic carbocycles. The number of carbonyl (C=O) groups is 1. The molecule has 0 atom stereocenters. The summed E-state index contributed by atoms with van der Waals surface area (Å²) in [5, 5.41) is 4.70. The van der Waals surface area contributed by atoms with Crippen LogP contribution in [-0.4, -0.2) is 51.7 Å². The van der Waals surface area contributed by atoms with Crippen LogP contribution in [0, 0.1) is 5.82 Å². The minimum absolute atomic E-state index is 0.0487. The van der Waals surface area contributed by atoms with Crippen LogP contribution in [0.5, 0.6) is 0 Å². The normalized spacial score (nSPS) is 16.1. The fourth-order valence-electron chi connectivity index (χ4n) is 3.09. The first-order valence-electron chi connectivity index (χ1n) is 8.43. The van der Waals surface area contributed by atoms with Crippen LogP contribution in [0.25, 0.3) is 0 Å². The van der Waals surface area contributed by atoms with E-state index in [1.165, 1.54) is 12.1 Å². The Bertz CT molecular complexity index is 802. The van der Waals surface area contributed by atoms with Gasteiger partial charge in [-0.1, -0.05) is 17.7 Å². The Balaban J connectivity index is 1.60. The molecular formula is C18H21BrClFN4O. The molecule has 5 nitrogen and oxygen atoms in total. The van der Waals surface area contributed by atoms with E-state index in [1.54, 1.807) is 16.9 Å². The third-order valence-corrected chi connectivity index (χ3v) is 5.48. The molecular weight excluding hydrogens is 423 g/mol. The molecule has 1 saturated heterocycles. The van der Waals surface area contributed by atoms with Gasteiger partial charge in [0.05, 0.1) is 10.7 Å². The molecule has 1 aliphatic heterocycles. The highest BCUT2D eigenvalue weighted by Gasteiger charge is 2.36. The first-order valence-corrected chi connectivity index (χ1v) is 9.61. The van der Waals surface area contributed by atoms with Crippen molar-refractivity contribution in [1.82, 2.24) is 19.6 Å². The van der Waals surface area contributed by atoms with E-state index in [0.29, 0.717) is 24.7 Å². The maximum Gasteiger partial charge on any atom is 0.250 e. The van der Waals surface area contributed by atoms with Gasteiger partial charge in [0.15, 0.2) is 0 Å². The van der Waals surface area contributed by atoms with Crippen LogP contribution in [-0.2, 0) is 16.9 Å². The zero-order chi connectivity index (χ0) is 18.9. The number of amides is 1. The lowest BCUT2D eigenvalue weighted by Crippen LogP contribution is -2.54. The van der Waals surface area contributed by atoms with Crippen molar-refractivity contribution >= 4 is 33.4 Å². The van der Waals surface area contributed by atoms with Gasteiger partial charge in [0, 0.05) is 43.9 Å². The van der Waals surface area contributed by atoms with E-state index in [0.717, 1.165) is 23.1 Å². The number of nitrogens with zero attached hydrogens (tertiary/aromatic N) is 4. The summed E-state index contributed by atoms with van der Waals surface area (Å²) in [6, 6.07) is 4.47. The molecule has 1 aliphatic rings. The summed E-state index contributed by atoms with van der Waals surface area (Å²) in [6.45, 7) is 7.18. The summed E-state index contributed by atoms with van der Waals surface area (Å²) in [6.07, 6.45) is 3.49. The van der Waals surface area contributed by atoms with Crippen LogP contribution in [0.4, 0.5) is 4.39 Å². The molecule has 140 valence electrons. The predicted molar refractivity (Wildman–Crippen MR) is 103 cm³/mol. The third-order valence-electron chi connectivity index (χ3n) is 4.72. The largest absolute Gasteiger partial charge is 0.338 e. The van der Waals surface area contributed by atoms with E-state index >= 15 is 0 Å². The smallest absolute Gasteiger partial charge is 0.250 e. The standard InChI is InChI=1S/C18H21BrClFN4O/c1-18(2,25-12-14(19)10-22-25)17(26)24-7-5-23(6-8-24)11-13-3-4-15(21)9-16(13)20/h3-4,9-10,12H,5-8,11H2,1-2H3. The maximum atomic E-state index is 13.2. The minimum Gasteiger partial charge on any atom is -0.338 e. The monoisotopic (exact) mass is 442 g/mol. The first kappa shape index (κ1) is 19.3. The van der Waals surface area contributed by atoms with Crippen molar-refractivity contribution in [3.8, 4) is 0 Å². The van der Waals surface area contributed by atoms with Crippen molar-refractivity contribution < 1.29 is 9.18 Å². The van der Waals surface area contributed by atoms with Gasteiger partial charge in [-0.3, -0.25) is 14.4 Å². The molecule has 0 saturated carbocycles. The van der Waals surface area contributed by atoms with Crippen molar-refractivity contribution in [3.05, 3.63) is 51.5 Å². The van der Waals surface area contributed by atoms with Gasteiger partial charge in [-0.05, 0) is 47.5 Å². The zero-order valence-electron chi connectivity index (χ0n) is 14.8. The number of hydrogen-bond acceptors (Lipinski definition) is 3. The molecule has 2 aromatic rings. The highest BCUT2D eigenvalue weighted by molar-refractivity contribution is 9.10. The van der Waals surface area contributed by atoms with Crippen LogP contribution < -0.4 is 0 Å². The van der Waals surface area contributed by atoms with Crippen molar-refractivity contribution in [2.45, 2.75) is 25.9 Å². The number of benzene rings is 1. The lowest BCUT2D eigenvalue weighted by molar-refractivity contribution is -0.141. The summed E-state index contributed by atoms with van der Waals surface area (Å²) in [5.41, 5.74) is 0.156. The fraction of sp³-hybridized carbons (Fsp3) is 0.444. The van der Waals surface area contributed by atoms with Crippen LogP contribution in [0.15, 0.2) is 35.1 Å². The van der Waals surface area contributed by atoms with Gasteiger partial charge in [0.25, 0.3) is 0 Å². The number of rotatable bonds is 4. The molecule has 8 heteroatoms. The van der Waals surface area contributed by atoms with Gasteiger partial charge >= 0.3 is 0 Å². The summed E-state index contributed by atoms with van der Waals surface area (Å²) >= 11 is 9.48. The van der Waals surface area contributed by atoms with E-state index in [-0.39, 0.29) is 11.7 Å². The summed E-state index contributed by atoms with van der Waals surface area (Å²) in [5.74, 6) is -0.283. The maximum absolute atomic E-state index is 13.2. The molecule has 0 radical (unpaired) electrons. The van der Waals surface area contributed by atoms with Gasteiger partial charge in [-0.25, -0.2) is 4.39 Å². The first-order chi connectivity index (χ1) is 12.3. The van der Waals surface area contributed by atoms with Crippen LogP contribution in [0.3, 0.4) is 0 Å². The van der Waals surface area contributed by atoms with Gasteiger partial charge < -0.3 is 4.90 Å². The van der Waals surface area contributed by atoms with Gasteiger partial charge in [-0.15, -0.1) is 0 Å². The van der Waals surface area contributed by atoms with Gasteiger partial charge in [0.2, 0.25) is 5.91 Å². The van der Waals surface area contributed by atoms with Crippen LogP contribution in [0.1, 0.15) is 19.4 Å². The molecule has 0 unspecified atom stereocenters. The van der Waals surface area contributed by atoms with Crippen molar-refractivity contribution in [2.75, 3.05) is 26.2 Å². The molecule has 26 heavy (non-hydrogen) atoms. The summed E-state index contributed by atoms with van der Waals surface area (Å²) in [7, 11) is 0. The quantitative estimate of drug-likeness (QED) is 0.726. The second-order valence-corrected chi connectivity index (χ2v) is 8.29. The summed E-state index contributed by atoms with van der Waals surface area (Å²) < 4.78 is 15.7. The molecule has 1 aromatic carbocycles. The van der Waals surface area contributed by atoms with Crippen molar-refractivity contribution in [1.29, 1.82) is 0 Å². The molecule has 2 heterocycles. The Morgan fingerprint density at radius 3 is 2.58 bits per heavy atom. The minimum atomic E-state index is -0.742. The fourth-order valence-corrected chi connectivity index (χ4v) is 3.60. The topological polar surface area (TPSA) is 41.4 Å². The van der Waals surface area contributed by atoms with E-state index in [9.17, 15) is 9.18 Å². The van der Waals surface area contributed by atoms with Gasteiger partial charge in [-0.2, -0.15) is 5.10 Å². The van der Waals surface area contributed by atoms with Crippen LogP contribution in [0.2, 0.25) is 5.02 Å². The number of piperazine rings is 1. The van der Waals surface area contributed by atoms with Crippen molar-refractivity contribution in [3.63, 3.8) is 0 Å². The lowest BCUT2D eigenvalue weighted by Gasteiger charge is -2.38. The lowest BCUT2D eigenvalue weighted by atomic mass is 10.0. The molecule has 3 rings (SSSR count). The Morgan fingerprint density at radius 1 is 1.31 bits per heavy atom. The van der Waals surface area contributed by atoms with E-state index in [4.69, 9.17) is 11.6 Å². The summed E-state index contributed by atoms with van der Waals surface area (Å²) in [4.78, 5) is 17.1. The Morgan fingerprint density at radius 2 is 2.00 bits per heavy atom. The second-order valence-electron chi connectivity index (χ2n) is 6.97. The number of halogens is 3. The average molecular weight is 444 g/mol.